The lowest BCUT2D eigenvalue weighted by atomic mass is 10.0. The molecule has 1 atom stereocenters. The van der Waals surface area contributed by atoms with Gasteiger partial charge in [0.2, 0.25) is 11.3 Å². The molecule has 1 unspecified atom stereocenters. The second-order valence-electron chi connectivity index (χ2n) is 12.1. The van der Waals surface area contributed by atoms with Gasteiger partial charge in [0.15, 0.2) is 17.3 Å². The van der Waals surface area contributed by atoms with E-state index in [9.17, 15) is 14.4 Å². The van der Waals surface area contributed by atoms with Crippen molar-refractivity contribution in [1.82, 2.24) is 19.8 Å². The molecule has 228 valence electrons. The van der Waals surface area contributed by atoms with E-state index in [0.717, 1.165) is 35.7 Å². The Morgan fingerprint density at radius 3 is 2.67 bits per heavy atom. The zero-order chi connectivity index (χ0) is 30.7. The maximum Gasteiger partial charge on any atom is 0.259 e. The number of nitrogens with zero attached hydrogens (tertiary/aromatic N) is 3. The summed E-state index contributed by atoms with van der Waals surface area (Å²) in [6.45, 7) is 2.08. The van der Waals surface area contributed by atoms with E-state index in [0.29, 0.717) is 49.6 Å². The molecule has 0 saturated carbocycles. The smallest absolute Gasteiger partial charge is 0.259 e. The number of ether oxygens (including phenoxy) is 1. The molecule has 3 aromatic carbocycles. The van der Waals surface area contributed by atoms with E-state index >= 15 is 4.39 Å². The molecule has 10 heteroatoms. The summed E-state index contributed by atoms with van der Waals surface area (Å²) in [5, 5.41) is 4.24. The van der Waals surface area contributed by atoms with E-state index in [-0.39, 0.29) is 46.7 Å². The Balaban J connectivity index is 1.13. The number of carbonyl (C=O) groups excluding carboxylic acids is 2. The van der Waals surface area contributed by atoms with Crippen LogP contribution in [0.3, 0.4) is 0 Å². The van der Waals surface area contributed by atoms with Crippen LogP contribution in [0.15, 0.2) is 71.8 Å². The molecule has 3 aliphatic rings. The monoisotopic (exact) mass is 605 g/mol. The van der Waals surface area contributed by atoms with Crippen LogP contribution in [0.5, 0.6) is 11.5 Å². The van der Waals surface area contributed by atoms with Gasteiger partial charge in [-0.1, -0.05) is 30.3 Å². The lowest BCUT2D eigenvalue weighted by Crippen LogP contribution is -2.38. The van der Waals surface area contributed by atoms with Crippen molar-refractivity contribution in [2.75, 3.05) is 31.1 Å². The average Bonchev–Trinajstić information content (AvgIpc) is 3.69. The number of fused-ring (bicyclic) bond motifs is 3. The molecule has 3 aliphatic heterocycles. The van der Waals surface area contributed by atoms with Gasteiger partial charge in [-0.2, -0.15) is 0 Å². The van der Waals surface area contributed by atoms with Crippen LogP contribution in [-0.2, 0) is 11.2 Å². The molecule has 0 radical (unpaired) electrons. The van der Waals surface area contributed by atoms with Crippen LogP contribution >= 0.6 is 0 Å². The molecule has 5 aromatic rings. The number of aromatic nitrogens is 2. The predicted molar refractivity (Wildman–Crippen MR) is 170 cm³/mol. The lowest BCUT2D eigenvalue weighted by molar-refractivity contribution is -0.121. The Hall–Kier alpha value is -5.12. The van der Waals surface area contributed by atoms with Crippen molar-refractivity contribution in [1.29, 1.82) is 0 Å². The first-order valence-corrected chi connectivity index (χ1v) is 15.5. The van der Waals surface area contributed by atoms with Gasteiger partial charge in [0, 0.05) is 55.5 Å². The summed E-state index contributed by atoms with van der Waals surface area (Å²) in [4.78, 5) is 47.2. The minimum absolute atomic E-state index is 0.0263. The summed E-state index contributed by atoms with van der Waals surface area (Å²) in [6.07, 6.45) is 7.16. The van der Waals surface area contributed by atoms with E-state index in [1.54, 1.807) is 21.7 Å². The number of pyridine rings is 1. The SMILES string of the molecule is O=C(Cc1c[nH]c2ccccc12)NC1CCN(c2c(F)cc3c(=O)c(C(=O)N4CCCCC4)cn4c3c2Oc2ccccc2-4)C1. The van der Waals surface area contributed by atoms with E-state index in [1.807, 2.05) is 53.6 Å². The standard InChI is InChI=1S/C35H32FN5O4/c36-26-17-24-31-34(32(26)40-15-12-22(19-40)38-30(42)16-21-18-37-27-9-3-2-8-23(21)27)45-29-11-5-4-10-28(29)41(31)20-25(33(24)43)35(44)39-13-6-1-7-14-39/h2-5,8-11,17-18,20,22,37H,1,6-7,12-16,19H2,(H,38,42). The predicted octanol–water partition coefficient (Wildman–Crippen LogP) is 5.28. The molecule has 9 nitrogen and oxygen atoms in total. The molecule has 2 aromatic heterocycles. The number of amides is 2. The van der Waals surface area contributed by atoms with E-state index in [1.165, 1.54) is 6.07 Å². The highest BCUT2D eigenvalue weighted by atomic mass is 19.1. The van der Waals surface area contributed by atoms with Gasteiger partial charge in [0.25, 0.3) is 5.91 Å². The first-order valence-electron chi connectivity index (χ1n) is 15.5. The van der Waals surface area contributed by atoms with Crippen LogP contribution in [0, 0.1) is 5.82 Å². The molecule has 5 heterocycles. The molecule has 0 bridgehead atoms. The van der Waals surface area contributed by atoms with Crippen LogP contribution in [-0.4, -0.2) is 58.5 Å². The minimum Gasteiger partial charge on any atom is -0.451 e. The molecular weight excluding hydrogens is 573 g/mol. The van der Waals surface area contributed by atoms with Gasteiger partial charge in [-0.25, -0.2) is 4.39 Å². The number of hydrogen-bond acceptors (Lipinski definition) is 5. The maximum absolute atomic E-state index is 16.2. The average molecular weight is 606 g/mol. The summed E-state index contributed by atoms with van der Waals surface area (Å²) in [6, 6.07) is 16.3. The van der Waals surface area contributed by atoms with E-state index in [4.69, 9.17) is 4.74 Å². The van der Waals surface area contributed by atoms with Gasteiger partial charge < -0.3 is 29.4 Å². The summed E-state index contributed by atoms with van der Waals surface area (Å²) in [5.74, 6) is -0.290. The summed E-state index contributed by atoms with van der Waals surface area (Å²) in [5.41, 5.74) is 2.77. The normalized spacial score (nSPS) is 17.4. The van der Waals surface area contributed by atoms with Crippen LogP contribution in [0.2, 0.25) is 0 Å². The third-order valence-corrected chi connectivity index (χ3v) is 9.28. The number of para-hydroxylation sites is 3. The highest BCUT2D eigenvalue weighted by molar-refractivity contribution is 6.01. The zero-order valence-electron chi connectivity index (χ0n) is 24.6. The molecule has 0 aliphatic carbocycles. The fourth-order valence-electron chi connectivity index (χ4n) is 7.08. The second kappa shape index (κ2) is 10.8. The fourth-order valence-corrected chi connectivity index (χ4v) is 7.08. The Morgan fingerprint density at radius 2 is 1.80 bits per heavy atom. The van der Waals surface area contributed by atoms with Crippen LogP contribution in [0.4, 0.5) is 10.1 Å². The molecule has 2 saturated heterocycles. The number of benzene rings is 3. The van der Waals surface area contributed by atoms with Crippen molar-refractivity contribution < 1.29 is 18.7 Å². The molecule has 45 heavy (non-hydrogen) atoms. The third-order valence-electron chi connectivity index (χ3n) is 9.28. The number of H-pyrrole nitrogens is 1. The largest absolute Gasteiger partial charge is 0.451 e. The number of halogens is 1. The summed E-state index contributed by atoms with van der Waals surface area (Å²) >= 11 is 0. The number of hydrogen-bond donors (Lipinski definition) is 2. The molecular formula is C35H32FN5O4. The van der Waals surface area contributed by atoms with Crippen LogP contribution < -0.4 is 20.4 Å². The van der Waals surface area contributed by atoms with Crippen LogP contribution in [0.25, 0.3) is 27.5 Å². The second-order valence-corrected chi connectivity index (χ2v) is 12.1. The summed E-state index contributed by atoms with van der Waals surface area (Å²) < 4.78 is 24.3. The Bertz CT molecular complexity index is 2060. The highest BCUT2D eigenvalue weighted by Gasteiger charge is 2.34. The first-order chi connectivity index (χ1) is 22.0. The minimum atomic E-state index is -0.603. The highest BCUT2D eigenvalue weighted by Crippen LogP contribution is 2.47. The quantitative estimate of drug-likeness (QED) is 0.279. The van der Waals surface area contributed by atoms with Crippen molar-refractivity contribution >= 4 is 39.3 Å². The zero-order valence-corrected chi connectivity index (χ0v) is 24.6. The Morgan fingerprint density at radius 1 is 1.00 bits per heavy atom. The number of likely N-dealkylation sites (tertiary alicyclic amines) is 1. The number of anilines is 1. The fraction of sp³-hybridized carbons (Fsp3) is 0.286. The van der Waals surface area contributed by atoms with Gasteiger partial charge >= 0.3 is 0 Å². The molecule has 8 rings (SSSR count). The number of aromatic amines is 1. The molecule has 0 spiro atoms. The Kier molecular flexibility index (Phi) is 6.58. The summed E-state index contributed by atoms with van der Waals surface area (Å²) in [7, 11) is 0. The van der Waals surface area contributed by atoms with E-state index < -0.39 is 11.2 Å². The van der Waals surface area contributed by atoms with Gasteiger partial charge in [0.1, 0.15) is 16.8 Å². The van der Waals surface area contributed by atoms with Crippen molar-refractivity contribution in [3.8, 4) is 17.2 Å². The van der Waals surface area contributed by atoms with Crippen molar-refractivity contribution in [3.05, 3.63) is 94.2 Å². The van der Waals surface area contributed by atoms with Crippen LogP contribution in [0.1, 0.15) is 41.6 Å². The number of carbonyl (C=O) groups is 2. The van der Waals surface area contributed by atoms with Gasteiger partial charge in [-0.3, -0.25) is 14.4 Å². The number of nitrogens with one attached hydrogen (secondary N) is 2. The van der Waals surface area contributed by atoms with E-state index in [2.05, 4.69) is 10.3 Å². The van der Waals surface area contributed by atoms with Crippen molar-refractivity contribution in [3.63, 3.8) is 0 Å². The maximum atomic E-state index is 16.2. The molecule has 2 fully saturated rings. The van der Waals surface area contributed by atoms with Gasteiger partial charge in [-0.05, 0) is 55.5 Å². The molecule has 2 N–H and O–H groups in total. The Labute approximate surface area is 258 Å². The first kappa shape index (κ1) is 27.4. The molecule has 2 amide bonds. The van der Waals surface area contributed by atoms with Gasteiger partial charge in [0.05, 0.1) is 17.5 Å². The van der Waals surface area contributed by atoms with Crippen molar-refractivity contribution in [2.45, 2.75) is 38.1 Å². The topological polar surface area (TPSA) is 99.7 Å². The van der Waals surface area contributed by atoms with Crippen molar-refractivity contribution in [2.24, 2.45) is 0 Å². The lowest BCUT2D eigenvalue weighted by Gasteiger charge is -2.30. The third kappa shape index (κ3) is 4.63. The number of piperidine rings is 1. The van der Waals surface area contributed by atoms with Gasteiger partial charge in [-0.15, -0.1) is 0 Å². The number of rotatable bonds is 5.